The topological polar surface area (TPSA) is 42.8 Å². The van der Waals surface area contributed by atoms with E-state index in [-0.39, 0.29) is 6.04 Å². The standard InChI is InChI=1S/C35H32BrClN2O2/c1-3-40-33-19-24(18-31(36)35(33)41-21-23-8-12-26(37)13-9-23)20-38-27-14-10-25(11-15-27)34-29-6-4-5-28(29)30-17-22(2)7-16-32(30)39-34/h4-5,7-20,28-29,34,39H,3,6,21H2,1-2H3/t28-,29+,34-/m0/s1. The molecule has 0 radical (unpaired) electrons. The molecule has 4 aromatic rings. The van der Waals surface area contributed by atoms with Gasteiger partial charge in [-0.25, -0.2) is 0 Å². The highest BCUT2D eigenvalue weighted by Crippen LogP contribution is 2.50. The Labute approximate surface area is 255 Å². The van der Waals surface area contributed by atoms with E-state index in [0.29, 0.717) is 41.6 Å². The fraction of sp³-hybridized carbons (Fsp3) is 0.229. The van der Waals surface area contributed by atoms with Crippen LogP contribution in [0, 0.1) is 12.8 Å². The van der Waals surface area contributed by atoms with Crippen molar-refractivity contribution in [3.63, 3.8) is 0 Å². The summed E-state index contributed by atoms with van der Waals surface area (Å²) in [7, 11) is 0. The lowest BCUT2D eigenvalue weighted by molar-refractivity contribution is 0.267. The number of hydrogen-bond donors (Lipinski definition) is 1. The number of allylic oxidation sites excluding steroid dienone is 2. The largest absolute Gasteiger partial charge is 0.490 e. The third-order valence-corrected chi connectivity index (χ3v) is 8.60. The quantitative estimate of drug-likeness (QED) is 0.156. The van der Waals surface area contributed by atoms with Gasteiger partial charge in [-0.2, -0.15) is 0 Å². The smallest absolute Gasteiger partial charge is 0.175 e. The zero-order valence-electron chi connectivity index (χ0n) is 23.1. The van der Waals surface area contributed by atoms with Gasteiger partial charge in [-0.15, -0.1) is 0 Å². The Bertz CT molecular complexity index is 1600. The van der Waals surface area contributed by atoms with Gasteiger partial charge in [0.1, 0.15) is 6.61 Å². The van der Waals surface area contributed by atoms with Gasteiger partial charge in [0.25, 0.3) is 0 Å². The van der Waals surface area contributed by atoms with Gasteiger partial charge in [-0.1, -0.05) is 65.7 Å². The zero-order chi connectivity index (χ0) is 28.3. The van der Waals surface area contributed by atoms with Crippen LogP contribution in [-0.4, -0.2) is 12.8 Å². The lowest BCUT2D eigenvalue weighted by atomic mass is 9.76. The number of rotatable bonds is 8. The summed E-state index contributed by atoms with van der Waals surface area (Å²) >= 11 is 9.68. The first-order valence-corrected chi connectivity index (χ1v) is 15.2. The summed E-state index contributed by atoms with van der Waals surface area (Å²) < 4.78 is 12.9. The van der Waals surface area contributed by atoms with Crippen LogP contribution in [0.4, 0.5) is 11.4 Å². The molecule has 6 heteroatoms. The second-order valence-corrected chi connectivity index (χ2v) is 11.9. The number of ether oxygens (including phenoxy) is 2. The average molecular weight is 628 g/mol. The molecular weight excluding hydrogens is 596 g/mol. The molecule has 41 heavy (non-hydrogen) atoms. The van der Waals surface area contributed by atoms with E-state index in [4.69, 9.17) is 26.1 Å². The third kappa shape index (κ3) is 6.07. The Hall–Kier alpha value is -3.54. The minimum atomic E-state index is 0.272. The van der Waals surface area contributed by atoms with Crippen molar-refractivity contribution in [2.45, 2.75) is 38.8 Å². The molecule has 0 amide bonds. The Morgan fingerprint density at radius 3 is 2.59 bits per heavy atom. The van der Waals surface area contributed by atoms with Crippen molar-refractivity contribution in [3.05, 3.63) is 128 Å². The number of nitrogens with one attached hydrogen (secondary N) is 1. The minimum Gasteiger partial charge on any atom is -0.490 e. The van der Waals surface area contributed by atoms with Crippen LogP contribution in [0.2, 0.25) is 5.02 Å². The van der Waals surface area contributed by atoms with Crippen molar-refractivity contribution >= 4 is 45.1 Å². The molecule has 1 heterocycles. The molecular formula is C35H32BrClN2O2. The van der Waals surface area contributed by atoms with Gasteiger partial charge in [0.2, 0.25) is 0 Å². The van der Waals surface area contributed by atoms with E-state index < -0.39 is 0 Å². The van der Waals surface area contributed by atoms with Gasteiger partial charge in [0.05, 0.1) is 22.8 Å². The Morgan fingerprint density at radius 1 is 1.00 bits per heavy atom. The highest BCUT2D eigenvalue weighted by atomic mass is 79.9. The Balaban J connectivity index is 1.17. The molecule has 0 saturated heterocycles. The summed E-state index contributed by atoms with van der Waals surface area (Å²) in [5, 5.41) is 4.53. The summed E-state index contributed by atoms with van der Waals surface area (Å²) in [4.78, 5) is 4.76. The SMILES string of the molecule is CCOc1cc(C=Nc2ccc([C@@H]3Nc4ccc(C)cc4[C@H]4C=CC[C@H]43)cc2)cc(Br)c1OCc1ccc(Cl)cc1. The minimum absolute atomic E-state index is 0.272. The summed E-state index contributed by atoms with van der Waals surface area (Å²) in [6.07, 6.45) is 7.67. The van der Waals surface area contributed by atoms with E-state index in [0.717, 1.165) is 27.7 Å². The van der Waals surface area contributed by atoms with Crippen LogP contribution >= 0.6 is 27.5 Å². The van der Waals surface area contributed by atoms with Crippen molar-refractivity contribution in [1.82, 2.24) is 0 Å². The number of aliphatic imine (C=N–C) groups is 1. The van der Waals surface area contributed by atoms with Crippen molar-refractivity contribution in [2.24, 2.45) is 10.9 Å². The molecule has 3 atom stereocenters. The fourth-order valence-electron chi connectivity index (χ4n) is 5.76. The van der Waals surface area contributed by atoms with E-state index in [1.54, 1.807) is 0 Å². The number of aryl methyl sites for hydroxylation is 1. The first-order chi connectivity index (χ1) is 20.0. The van der Waals surface area contributed by atoms with Crippen molar-refractivity contribution in [3.8, 4) is 11.5 Å². The molecule has 4 aromatic carbocycles. The lowest BCUT2D eigenvalue weighted by Gasteiger charge is -2.37. The number of halogens is 2. The molecule has 0 saturated carbocycles. The molecule has 0 bridgehead atoms. The highest BCUT2D eigenvalue weighted by molar-refractivity contribution is 9.10. The molecule has 0 fully saturated rings. The molecule has 0 spiro atoms. The lowest BCUT2D eigenvalue weighted by Crippen LogP contribution is -2.29. The maximum Gasteiger partial charge on any atom is 0.175 e. The molecule has 0 aromatic heterocycles. The first-order valence-electron chi connectivity index (χ1n) is 14.0. The van der Waals surface area contributed by atoms with Crippen LogP contribution in [-0.2, 0) is 6.61 Å². The van der Waals surface area contributed by atoms with Gasteiger partial charge in [-0.3, -0.25) is 4.99 Å². The van der Waals surface area contributed by atoms with E-state index in [1.807, 2.05) is 49.5 Å². The van der Waals surface area contributed by atoms with E-state index in [2.05, 4.69) is 82.8 Å². The second-order valence-electron chi connectivity index (χ2n) is 10.6. The van der Waals surface area contributed by atoms with Crippen molar-refractivity contribution in [2.75, 3.05) is 11.9 Å². The van der Waals surface area contributed by atoms with Crippen LogP contribution in [0.1, 0.15) is 53.1 Å². The molecule has 4 nitrogen and oxygen atoms in total. The fourth-order valence-corrected chi connectivity index (χ4v) is 6.46. The molecule has 1 N–H and O–H groups in total. The summed E-state index contributed by atoms with van der Waals surface area (Å²) in [5.41, 5.74) is 8.11. The molecule has 0 unspecified atom stereocenters. The zero-order valence-corrected chi connectivity index (χ0v) is 25.5. The normalized spacial score (nSPS) is 19.1. The highest BCUT2D eigenvalue weighted by Gasteiger charge is 2.37. The summed E-state index contributed by atoms with van der Waals surface area (Å²) in [6.45, 7) is 5.07. The molecule has 1 aliphatic carbocycles. The van der Waals surface area contributed by atoms with Crippen molar-refractivity contribution in [1.29, 1.82) is 0 Å². The van der Waals surface area contributed by atoms with Crippen LogP contribution in [0.3, 0.4) is 0 Å². The third-order valence-electron chi connectivity index (χ3n) is 7.76. The second kappa shape index (κ2) is 12.1. The maximum atomic E-state index is 6.12. The van der Waals surface area contributed by atoms with Gasteiger partial charge in [0.15, 0.2) is 11.5 Å². The average Bonchev–Trinajstić information content (AvgIpc) is 3.47. The van der Waals surface area contributed by atoms with Crippen LogP contribution in [0.25, 0.3) is 0 Å². The van der Waals surface area contributed by atoms with Gasteiger partial charge in [-0.05, 0) is 107 Å². The number of anilines is 1. The number of hydrogen-bond acceptors (Lipinski definition) is 4. The maximum absolute atomic E-state index is 6.12. The predicted octanol–water partition coefficient (Wildman–Crippen LogP) is 9.97. The number of fused-ring (bicyclic) bond motifs is 3. The Morgan fingerprint density at radius 2 is 1.80 bits per heavy atom. The van der Waals surface area contributed by atoms with Crippen LogP contribution < -0.4 is 14.8 Å². The molecule has 208 valence electrons. The number of nitrogens with zero attached hydrogens (tertiary/aromatic N) is 1. The van der Waals surface area contributed by atoms with Gasteiger partial charge < -0.3 is 14.8 Å². The molecule has 1 aliphatic heterocycles. The van der Waals surface area contributed by atoms with Crippen molar-refractivity contribution < 1.29 is 9.47 Å². The first kappa shape index (κ1) is 27.6. The van der Waals surface area contributed by atoms with Crippen LogP contribution in [0.15, 0.2) is 100 Å². The molecule has 6 rings (SSSR count). The van der Waals surface area contributed by atoms with E-state index in [9.17, 15) is 0 Å². The number of benzene rings is 4. The van der Waals surface area contributed by atoms with Crippen LogP contribution in [0.5, 0.6) is 11.5 Å². The summed E-state index contributed by atoms with van der Waals surface area (Å²) in [6, 6.07) is 27.2. The van der Waals surface area contributed by atoms with Gasteiger partial charge in [0, 0.05) is 22.8 Å². The molecule has 2 aliphatic rings. The Kier molecular flexibility index (Phi) is 8.18. The predicted molar refractivity (Wildman–Crippen MR) is 172 cm³/mol. The van der Waals surface area contributed by atoms with Gasteiger partial charge >= 0.3 is 0 Å². The van der Waals surface area contributed by atoms with E-state index >= 15 is 0 Å². The summed E-state index contributed by atoms with van der Waals surface area (Å²) in [5.74, 6) is 2.32. The van der Waals surface area contributed by atoms with E-state index in [1.165, 1.54) is 22.4 Å². The monoisotopic (exact) mass is 626 g/mol.